The Balaban J connectivity index is 3.00. The first-order chi connectivity index (χ1) is 6.96. The average molecular weight is 205 g/mol. The summed E-state index contributed by atoms with van der Waals surface area (Å²) in [6, 6.07) is 7.28. The molecule has 15 heavy (non-hydrogen) atoms. The fourth-order valence-corrected chi connectivity index (χ4v) is 1.19. The summed E-state index contributed by atoms with van der Waals surface area (Å²) in [5, 5.41) is 8.89. The summed E-state index contributed by atoms with van der Waals surface area (Å²) in [7, 11) is 1.54. The Morgan fingerprint density at radius 3 is 2.40 bits per heavy atom. The molecule has 0 aliphatic heterocycles. The van der Waals surface area contributed by atoms with E-state index in [9.17, 15) is 0 Å². The molecule has 0 aliphatic carbocycles. The number of rotatable bonds is 2. The summed E-state index contributed by atoms with van der Waals surface area (Å²) in [5.41, 5.74) is 0.223. The molecule has 0 amide bonds. The lowest BCUT2D eigenvalue weighted by Gasteiger charge is -2.21. The second-order valence-corrected chi connectivity index (χ2v) is 4.19. The maximum absolute atomic E-state index is 8.89. The molecule has 0 unspecified atom stereocenters. The Morgan fingerprint density at radius 2 is 1.93 bits per heavy atom. The zero-order valence-electron chi connectivity index (χ0n) is 9.50. The van der Waals surface area contributed by atoms with E-state index in [1.54, 1.807) is 25.3 Å². The van der Waals surface area contributed by atoms with E-state index in [2.05, 4.69) is 6.07 Å². The SMILES string of the molecule is COc1ccc(OC(C)(C)C)cc1C#N. The van der Waals surface area contributed by atoms with Crippen molar-refractivity contribution in [1.82, 2.24) is 0 Å². The molecule has 1 aromatic carbocycles. The molecular formula is C12H15NO2. The van der Waals surface area contributed by atoms with Gasteiger partial charge in [-0.25, -0.2) is 0 Å². The maximum atomic E-state index is 8.89. The van der Waals surface area contributed by atoms with Crippen molar-refractivity contribution in [3.63, 3.8) is 0 Å². The Kier molecular flexibility index (Phi) is 3.21. The third kappa shape index (κ3) is 3.17. The minimum Gasteiger partial charge on any atom is -0.495 e. The van der Waals surface area contributed by atoms with Crippen molar-refractivity contribution in [3.05, 3.63) is 23.8 Å². The molecule has 0 saturated carbocycles. The minimum absolute atomic E-state index is 0.263. The van der Waals surface area contributed by atoms with E-state index in [1.165, 1.54) is 0 Å². The predicted octanol–water partition coefficient (Wildman–Crippen LogP) is 2.74. The first-order valence-electron chi connectivity index (χ1n) is 4.73. The Bertz CT molecular complexity index is 386. The number of ether oxygens (including phenoxy) is 2. The third-order valence-corrected chi connectivity index (χ3v) is 1.72. The van der Waals surface area contributed by atoms with Crippen LogP contribution in [-0.4, -0.2) is 12.7 Å². The summed E-state index contributed by atoms with van der Waals surface area (Å²) in [5.74, 6) is 1.25. The van der Waals surface area contributed by atoms with Crippen molar-refractivity contribution in [2.24, 2.45) is 0 Å². The highest BCUT2D eigenvalue weighted by Gasteiger charge is 2.13. The summed E-state index contributed by atoms with van der Waals surface area (Å²) >= 11 is 0. The molecule has 0 saturated heterocycles. The molecule has 0 heterocycles. The molecule has 3 heteroatoms. The molecule has 1 rings (SSSR count). The maximum Gasteiger partial charge on any atom is 0.136 e. The van der Waals surface area contributed by atoms with Crippen LogP contribution in [0, 0.1) is 11.3 Å². The van der Waals surface area contributed by atoms with Gasteiger partial charge in [-0.15, -0.1) is 0 Å². The van der Waals surface area contributed by atoms with E-state index in [4.69, 9.17) is 14.7 Å². The van der Waals surface area contributed by atoms with E-state index >= 15 is 0 Å². The third-order valence-electron chi connectivity index (χ3n) is 1.72. The number of nitrogens with zero attached hydrogens (tertiary/aromatic N) is 1. The summed E-state index contributed by atoms with van der Waals surface area (Å²) in [6.07, 6.45) is 0. The van der Waals surface area contributed by atoms with Crippen LogP contribution in [0.2, 0.25) is 0 Å². The first kappa shape index (κ1) is 11.4. The summed E-state index contributed by atoms with van der Waals surface area (Å²) in [6.45, 7) is 5.88. The Labute approximate surface area is 90.2 Å². The Morgan fingerprint density at radius 1 is 1.27 bits per heavy atom. The van der Waals surface area contributed by atoms with Crippen LogP contribution < -0.4 is 9.47 Å². The van der Waals surface area contributed by atoms with E-state index in [0.29, 0.717) is 17.1 Å². The van der Waals surface area contributed by atoms with Gasteiger partial charge in [-0.1, -0.05) is 0 Å². The Hall–Kier alpha value is -1.69. The standard InChI is InChI=1S/C12H15NO2/c1-12(2,3)15-10-5-6-11(14-4)9(7-10)8-13/h5-7H,1-4H3. The minimum atomic E-state index is -0.263. The molecular weight excluding hydrogens is 190 g/mol. The molecule has 80 valence electrons. The van der Waals surface area contributed by atoms with Gasteiger partial charge in [0.1, 0.15) is 23.2 Å². The molecule has 0 radical (unpaired) electrons. The van der Waals surface area contributed by atoms with Gasteiger partial charge in [-0.3, -0.25) is 0 Å². The topological polar surface area (TPSA) is 42.2 Å². The van der Waals surface area contributed by atoms with Crippen LogP contribution >= 0.6 is 0 Å². The van der Waals surface area contributed by atoms with Crippen LogP contribution in [0.5, 0.6) is 11.5 Å². The van der Waals surface area contributed by atoms with Gasteiger partial charge in [-0.2, -0.15) is 5.26 Å². The van der Waals surface area contributed by atoms with Gasteiger partial charge in [0, 0.05) is 6.07 Å². The van der Waals surface area contributed by atoms with Gasteiger partial charge in [0.05, 0.1) is 12.7 Å². The van der Waals surface area contributed by atoms with Crippen molar-refractivity contribution in [2.75, 3.05) is 7.11 Å². The number of nitriles is 1. The van der Waals surface area contributed by atoms with E-state index in [1.807, 2.05) is 20.8 Å². The molecule has 0 atom stereocenters. The lowest BCUT2D eigenvalue weighted by atomic mass is 10.1. The molecule has 1 aromatic rings. The number of methoxy groups -OCH3 is 1. The zero-order chi connectivity index (χ0) is 11.5. The summed E-state index contributed by atoms with van der Waals surface area (Å²) < 4.78 is 10.7. The molecule has 0 aromatic heterocycles. The molecule has 3 nitrogen and oxygen atoms in total. The molecule has 0 bridgehead atoms. The van der Waals surface area contributed by atoms with Gasteiger partial charge in [0.25, 0.3) is 0 Å². The second kappa shape index (κ2) is 4.22. The molecule has 0 aliphatic rings. The zero-order valence-corrected chi connectivity index (χ0v) is 9.50. The normalized spacial score (nSPS) is 10.6. The monoisotopic (exact) mass is 205 g/mol. The van der Waals surface area contributed by atoms with Gasteiger partial charge in [-0.05, 0) is 32.9 Å². The smallest absolute Gasteiger partial charge is 0.136 e. The quantitative estimate of drug-likeness (QED) is 0.745. The van der Waals surface area contributed by atoms with Crippen molar-refractivity contribution in [1.29, 1.82) is 5.26 Å². The van der Waals surface area contributed by atoms with Crippen LogP contribution in [0.4, 0.5) is 0 Å². The molecule has 0 fully saturated rings. The average Bonchev–Trinajstić information content (AvgIpc) is 2.15. The lowest BCUT2D eigenvalue weighted by Crippen LogP contribution is -2.22. The number of hydrogen-bond acceptors (Lipinski definition) is 3. The van der Waals surface area contributed by atoms with E-state index in [0.717, 1.165) is 0 Å². The van der Waals surface area contributed by atoms with Crippen LogP contribution in [0.1, 0.15) is 26.3 Å². The largest absolute Gasteiger partial charge is 0.495 e. The van der Waals surface area contributed by atoms with Gasteiger partial charge in [0.2, 0.25) is 0 Å². The van der Waals surface area contributed by atoms with Gasteiger partial charge < -0.3 is 9.47 Å². The van der Waals surface area contributed by atoms with Gasteiger partial charge in [0.15, 0.2) is 0 Å². The summed E-state index contributed by atoms with van der Waals surface area (Å²) in [4.78, 5) is 0. The molecule has 0 spiro atoms. The predicted molar refractivity (Wildman–Crippen MR) is 58.1 cm³/mol. The number of benzene rings is 1. The highest BCUT2D eigenvalue weighted by molar-refractivity contribution is 5.47. The highest BCUT2D eigenvalue weighted by Crippen LogP contribution is 2.25. The van der Waals surface area contributed by atoms with Crippen molar-refractivity contribution in [3.8, 4) is 17.6 Å². The van der Waals surface area contributed by atoms with Crippen molar-refractivity contribution >= 4 is 0 Å². The fraction of sp³-hybridized carbons (Fsp3) is 0.417. The van der Waals surface area contributed by atoms with Crippen LogP contribution in [0.25, 0.3) is 0 Å². The van der Waals surface area contributed by atoms with Crippen LogP contribution in [-0.2, 0) is 0 Å². The lowest BCUT2D eigenvalue weighted by molar-refractivity contribution is 0.131. The van der Waals surface area contributed by atoms with Crippen LogP contribution in [0.15, 0.2) is 18.2 Å². The number of hydrogen-bond donors (Lipinski definition) is 0. The van der Waals surface area contributed by atoms with E-state index in [-0.39, 0.29) is 5.60 Å². The van der Waals surface area contributed by atoms with E-state index < -0.39 is 0 Å². The van der Waals surface area contributed by atoms with Crippen LogP contribution in [0.3, 0.4) is 0 Å². The van der Waals surface area contributed by atoms with Crippen molar-refractivity contribution < 1.29 is 9.47 Å². The highest BCUT2D eigenvalue weighted by atomic mass is 16.5. The molecule has 0 N–H and O–H groups in total. The fourth-order valence-electron chi connectivity index (χ4n) is 1.19. The second-order valence-electron chi connectivity index (χ2n) is 4.19. The van der Waals surface area contributed by atoms with Gasteiger partial charge >= 0.3 is 0 Å². The van der Waals surface area contributed by atoms with Crippen molar-refractivity contribution in [2.45, 2.75) is 26.4 Å². The first-order valence-corrected chi connectivity index (χ1v) is 4.73.